The number of carbonyl (C=O) groups excluding carboxylic acids is 1. The fourth-order valence-electron chi connectivity index (χ4n) is 4.46. The highest BCUT2D eigenvalue weighted by Gasteiger charge is 2.37. The van der Waals surface area contributed by atoms with Crippen LogP contribution in [0.25, 0.3) is 11.5 Å². The van der Waals surface area contributed by atoms with Crippen LogP contribution in [0.2, 0.25) is 5.02 Å². The third-order valence-corrected chi connectivity index (χ3v) is 6.66. The number of carboxylic acid groups (broad SMARTS) is 1. The minimum atomic E-state index is -0.907. The molecule has 1 aliphatic rings. The van der Waals surface area contributed by atoms with Gasteiger partial charge in [-0.05, 0) is 55.2 Å². The Labute approximate surface area is 209 Å². The number of halogens is 1. The molecule has 1 N–H and O–H groups in total. The van der Waals surface area contributed by atoms with Crippen molar-refractivity contribution in [3.8, 4) is 11.5 Å². The fraction of sp³-hybridized carbons (Fsp3) is 0.481. The first kappa shape index (κ1) is 25.2. The maximum atomic E-state index is 13.1. The van der Waals surface area contributed by atoms with Gasteiger partial charge in [0.05, 0.1) is 5.69 Å². The van der Waals surface area contributed by atoms with E-state index in [4.69, 9.17) is 20.6 Å². The highest BCUT2D eigenvalue weighted by atomic mass is 35.5. The van der Waals surface area contributed by atoms with E-state index in [1.165, 1.54) is 0 Å². The van der Waals surface area contributed by atoms with Gasteiger partial charge in [0.1, 0.15) is 11.5 Å². The summed E-state index contributed by atoms with van der Waals surface area (Å²) in [5.74, 6) is 0.757. The molecule has 0 bridgehead atoms. The van der Waals surface area contributed by atoms with Crippen molar-refractivity contribution in [3.05, 3.63) is 57.4 Å². The molecule has 0 radical (unpaired) electrons. The van der Waals surface area contributed by atoms with Crippen LogP contribution in [0.5, 0.6) is 0 Å². The van der Waals surface area contributed by atoms with Crippen molar-refractivity contribution in [1.82, 2.24) is 10.3 Å². The summed E-state index contributed by atoms with van der Waals surface area (Å²) in [5, 5.41) is 18.5. The molecule has 0 saturated heterocycles. The van der Waals surface area contributed by atoms with Crippen LogP contribution < -0.4 is 0 Å². The second-order valence-corrected chi connectivity index (χ2v) is 10.4. The predicted molar refractivity (Wildman–Crippen MR) is 132 cm³/mol. The van der Waals surface area contributed by atoms with Crippen molar-refractivity contribution in [2.24, 2.45) is 5.92 Å². The van der Waals surface area contributed by atoms with Gasteiger partial charge in [0.15, 0.2) is 11.5 Å². The lowest BCUT2D eigenvalue weighted by Crippen LogP contribution is -2.13. The Morgan fingerprint density at radius 1 is 1.17 bits per heavy atom. The molecule has 186 valence electrons. The number of ketones is 1. The second kappa shape index (κ2) is 10.8. The first-order valence-corrected chi connectivity index (χ1v) is 12.5. The van der Waals surface area contributed by atoms with Crippen LogP contribution in [0, 0.1) is 12.8 Å². The summed E-state index contributed by atoms with van der Waals surface area (Å²) in [7, 11) is 0. The number of benzene rings is 1. The molecular weight excluding hydrogens is 468 g/mol. The van der Waals surface area contributed by atoms with Crippen LogP contribution in [-0.4, -0.2) is 27.2 Å². The standard InChI is InChI=1S/C27H31ClN2O5/c1-15(2)10-21-14-23(29-34-21)27-25(17-6-7-17)26(30-35-27)19(8-9-24(32)33)13-20(31)12-18-5-4-16(3)11-22(18)28/h4-5,11,14-15,17,19H,6-10,12-13H2,1-3H3,(H,32,33)/t19-/m0/s1. The van der Waals surface area contributed by atoms with Crippen LogP contribution in [0.4, 0.5) is 0 Å². The molecule has 0 unspecified atom stereocenters. The summed E-state index contributed by atoms with van der Waals surface area (Å²) >= 11 is 6.34. The number of hydrogen-bond acceptors (Lipinski definition) is 6. The van der Waals surface area contributed by atoms with Crippen molar-refractivity contribution >= 4 is 23.4 Å². The Kier molecular flexibility index (Phi) is 7.75. The minimum absolute atomic E-state index is 0.0157. The van der Waals surface area contributed by atoms with E-state index in [0.717, 1.165) is 41.7 Å². The number of nitrogens with zero attached hydrogens (tertiary/aromatic N) is 2. The Hall–Kier alpha value is -2.93. The Morgan fingerprint density at radius 2 is 1.94 bits per heavy atom. The molecule has 1 fully saturated rings. The summed E-state index contributed by atoms with van der Waals surface area (Å²) in [5.41, 5.74) is 3.99. The summed E-state index contributed by atoms with van der Waals surface area (Å²) < 4.78 is 11.3. The van der Waals surface area contributed by atoms with Gasteiger partial charge in [-0.2, -0.15) is 0 Å². The van der Waals surface area contributed by atoms with Gasteiger partial charge in [-0.25, -0.2) is 0 Å². The molecule has 1 atom stereocenters. The summed E-state index contributed by atoms with van der Waals surface area (Å²) in [6.45, 7) is 6.16. The first-order chi connectivity index (χ1) is 16.7. The lowest BCUT2D eigenvalue weighted by Gasteiger charge is -2.15. The number of aromatic nitrogens is 2. The normalized spacial score (nSPS) is 14.4. The monoisotopic (exact) mass is 498 g/mol. The van der Waals surface area contributed by atoms with Crippen LogP contribution in [0.3, 0.4) is 0 Å². The predicted octanol–water partition coefficient (Wildman–Crippen LogP) is 6.52. The highest BCUT2D eigenvalue weighted by Crippen LogP contribution is 2.48. The molecule has 1 aromatic carbocycles. The lowest BCUT2D eigenvalue weighted by atomic mass is 9.87. The quantitative estimate of drug-likeness (QED) is 0.303. The smallest absolute Gasteiger partial charge is 0.303 e. The van der Waals surface area contributed by atoms with Crippen LogP contribution in [0.15, 0.2) is 33.3 Å². The molecule has 8 heteroatoms. The second-order valence-electron chi connectivity index (χ2n) is 10.0. The van der Waals surface area contributed by atoms with Gasteiger partial charge < -0.3 is 14.2 Å². The SMILES string of the molecule is Cc1ccc(CC(=O)C[C@H](CCC(=O)O)c2noc(-c3cc(CC(C)C)on3)c2C2CC2)c(Cl)c1. The first-order valence-electron chi connectivity index (χ1n) is 12.1. The zero-order chi connectivity index (χ0) is 25.1. The molecule has 35 heavy (non-hydrogen) atoms. The maximum Gasteiger partial charge on any atom is 0.303 e. The van der Waals surface area contributed by atoms with E-state index in [1.807, 2.05) is 31.2 Å². The average Bonchev–Trinajstić information content (AvgIpc) is 3.36. The van der Waals surface area contributed by atoms with E-state index in [0.29, 0.717) is 34.5 Å². The topological polar surface area (TPSA) is 106 Å². The van der Waals surface area contributed by atoms with Crippen molar-refractivity contribution in [1.29, 1.82) is 0 Å². The molecule has 4 rings (SSSR count). The van der Waals surface area contributed by atoms with Crippen molar-refractivity contribution in [2.75, 3.05) is 0 Å². The van der Waals surface area contributed by atoms with Gasteiger partial charge in [0.2, 0.25) is 0 Å². The maximum absolute atomic E-state index is 13.1. The third kappa shape index (κ3) is 6.40. The largest absolute Gasteiger partial charge is 0.481 e. The van der Waals surface area contributed by atoms with Gasteiger partial charge in [-0.3, -0.25) is 9.59 Å². The molecule has 1 saturated carbocycles. The molecular formula is C27H31ClN2O5. The number of hydrogen-bond donors (Lipinski definition) is 1. The van der Waals surface area contributed by atoms with E-state index in [2.05, 4.69) is 24.2 Å². The number of carbonyl (C=O) groups is 2. The summed E-state index contributed by atoms with van der Waals surface area (Å²) in [4.78, 5) is 24.4. The van der Waals surface area contributed by atoms with Crippen molar-refractivity contribution < 1.29 is 23.7 Å². The van der Waals surface area contributed by atoms with Crippen molar-refractivity contribution in [3.63, 3.8) is 0 Å². The highest BCUT2D eigenvalue weighted by molar-refractivity contribution is 6.31. The molecule has 7 nitrogen and oxygen atoms in total. The van der Waals surface area contributed by atoms with E-state index in [-0.39, 0.29) is 36.9 Å². The summed E-state index contributed by atoms with van der Waals surface area (Å²) in [6.07, 6.45) is 3.36. The van der Waals surface area contributed by atoms with E-state index in [9.17, 15) is 14.7 Å². The fourth-order valence-corrected chi connectivity index (χ4v) is 4.76. The number of rotatable bonds is 12. The molecule has 0 spiro atoms. The average molecular weight is 499 g/mol. The van der Waals surface area contributed by atoms with Crippen LogP contribution >= 0.6 is 11.6 Å². The molecule has 3 aromatic rings. The van der Waals surface area contributed by atoms with Crippen LogP contribution in [0.1, 0.15) is 85.9 Å². The number of Topliss-reactive ketones (excluding diaryl/α,β-unsaturated/α-hetero) is 1. The van der Waals surface area contributed by atoms with Gasteiger partial charge in [0.25, 0.3) is 0 Å². The minimum Gasteiger partial charge on any atom is -0.481 e. The van der Waals surface area contributed by atoms with E-state index >= 15 is 0 Å². The Morgan fingerprint density at radius 3 is 2.60 bits per heavy atom. The zero-order valence-corrected chi connectivity index (χ0v) is 21.1. The lowest BCUT2D eigenvalue weighted by molar-refractivity contribution is -0.137. The Bertz CT molecular complexity index is 1210. The molecule has 0 aliphatic heterocycles. The number of aliphatic carboxylic acids is 1. The zero-order valence-electron chi connectivity index (χ0n) is 20.3. The molecule has 0 amide bonds. The number of carboxylic acids is 1. The van der Waals surface area contributed by atoms with Gasteiger partial charge >= 0.3 is 5.97 Å². The van der Waals surface area contributed by atoms with Gasteiger partial charge in [-0.1, -0.05) is 47.9 Å². The van der Waals surface area contributed by atoms with Gasteiger partial charge in [0, 0.05) is 48.3 Å². The van der Waals surface area contributed by atoms with Gasteiger partial charge in [-0.15, -0.1) is 0 Å². The summed E-state index contributed by atoms with van der Waals surface area (Å²) in [6, 6.07) is 7.52. The third-order valence-electron chi connectivity index (χ3n) is 6.31. The molecule has 1 aliphatic carbocycles. The van der Waals surface area contributed by atoms with E-state index < -0.39 is 5.97 Å². The van der Waals surface area contributed by atoms with E-state index in [1.54, 1.807) is 0 Å². The molecule has 2 aromatic heterocycles. The number of aryl methyl sites for hydroxylation is 1. The van der Waals surface area contributed by atoms with Crippen LogP contribution in [-0.2, 0) is 22.4 Å². The van der Waals surface area contributed by atoms with Crippen molar-refractivity contribution in [2.45, 2.75) is 77.6 Å². The Balaban J connectivity index is 1.60. The molecule has 2 heterocycles.